The Kier molecular flexibility index (Phi) is 4.54. The molecule has 2 N–H and O–H groups in total. The summed E-state index contributed by atoms with van der Waals surface area (Å²) >= 11 is 3.47. The van der Waals surface area contributed by atoms with Gasteiger partial charge in [0.2, 0.25) is 0 Å². The summed E-state index contributed by atoms with van der Waals surface area (Å²) in [5.41, 5.74) is 1.30. The Morgan fingerprint density at radius 3 is 2.58 bits per heavy atom. The predicted octanol–water partition coefficient (Wildman–Crippen LogP) is 3.24. The van der Waals surface area contributed by atoms with Gasteiger partial charge in [-0.2, -0.15) is 0 Å². The molecule has 0 aromatic heterocycles. The molecule has 1 unspecified atom stereocenters. The van der Waals surface area contributed by atoms with Crippen molar-refractivity contribution in [2.45, 2.75) is 44.3 Å². The maximum atomic E-state index is 10.5. The lowest BCUT2D eigenvalue weighted by molar-refractivity contribution is 0.0558. The maximum Gasteiger partial charge on any atom is 0.0821 e. The van der Waals surface area contributed by atoms with Crippen molar-refractivity contribution in [1.82, 2.24) is 0 Å². The van der Waals surface area contributed by atoms with E-state index in [-0.39, 0.29) is 0 Å². The third kappa shape index (κ3) is 3.50. The minimum Gasteiger partial charge on any atom is -0.389 e. The van der Waals surface area contributed by atoms with Crippen LogP contribution in [0.2, 0.25) is 0 Å². The minimum atomic E-state index is -0.576. The summed E-state index contributed by atoms with van der Waals surface area (Å²) in [4.78, 5) is 2.05. The zero-order chi connectivity index (χ0) is 14.0. The highest BCUT2D eigenvalue weighted by molar-refractivity contribution is 9.10. The van der Waals surface area contributed by atoms with Crippen molar-refractivity contribution < 1.29 is 10.2 Å². The van der Waals surface area contributed by atoms with Gasteiger partial charge >= 0.3 is 0 Å². The monoisotopic (exact) mass is 327 g/mol. The minimum absolute atomic E-state index is 0.510. The van der Waals surface area contributed by atoms with Gasteiger partial charge in [-0.3, -0.25) is 0 Å². The zero-order valence-corrected chi connectivity index (χ0v) is 13.2. The number of hydrogen-bond acceptors (Lipinski definition) is 3. The molecule has 0 heterocycles. The molecule has 3 nitrogen and oxygen atoms in total. The molecule has 0 aliphatic heterocycles. The number of halogens is 1. The molecule has 0 radical (unpaired) electrons. The standard InChI is InChI=1S/C15H22BrNO2/c1-11(18)13-6-5-12(16)9-14(13)17(2)10-15(19)7-3-4-8-15/h5-6,9,11,18-19H,3-4,7-8,10H2,1-2H3. The van der Waals surface area contributed by atoms with Crippen molar-refractivity contribution in [2.75, 3.05) is 18.5 Å². The van der Waals surface area contributed by atoms with Gasteiger partial charge in [-0.25, -0.2) is 0 Å². The molecule has 19 heavy (non-hydrogen) atoms. The zero-order valence-electron chi connectivity index (χ0n) is 11.6. The number of rotatable bonds is 4. The molecule has 1 atom stereocenters. The molecule has 0 bridgehead atoms. The lowest BCUT2D eigenvalue weighted by Crippen LogP contribution is -2.39. The van der Waals surface area contributed by atoms with E-state index < -0.39 is 11.7 Å². The predicted molar refractivity (Wildman–Crippen MR) is 81.5 cm³/mol. The van der Waals surface area contributed by atoms with Crippen molar-refractivity contribution in [3.05, 3.63) is 28.2 Å². The topological polar surface area (TPSA) is 43.7 Å². The van der Waals surface area contributed by atoms with Crippen LogP contribution in [0.5, 0.6) is 0 Å². The Balaban J connectivity index is 2.22. The molecule has 1 fully saturated rings. The van der Waals surface area contributed by atoms with Crippen molar-refractivity contribution in [3.8, 4) is 0 Å². The van der Waals surface area contributed by atoms with Crippen molar-refractivity contribution in [3.63, 3.8) is 0 Å². The second-order valence-electron chi connectivity index (χ2n) is 5.67. The average molecular weight is 328 g/mol. The molecular weight excluding hydrogens is 306 g/mol. The van der Waals surface area contributed by atoms with Crippen LogP contribution in [0, 0.1) is 0 Å². The molecule has 0 amide bonds. The van der Waals surface area contributed by atoms with Crippen LogP contribution in [-0.4, -0.2) is 29.4 Å². The molecule has 1 aliphatic carbocycles. The van der Waals surface area contributed by atoms with Gasteiger partial charge in [-0.05, 0) is 31.9 Å². The van der Waals surface area contributed by atoms with Crippen molar-refractivity contribution in [2.24, 2.45) is 0 Å². The first-order chi connectivity index (χ1) is 8.91. The Hall–Kier alpha value is -0.580. The number of nitrogens with zero attached hydrogens (tertiary/aromatic N) is 1. The number of anilines is 1. The van der Waals surface area contributed by atoms with Gasteiger partial charge in [-0.15, -0.1) is 0 Å². The second kappa shape index (κ2) is 5.81. The summed E-state index contributed by atoms with van der Waals surface area (Å²) in [6, 6.07) is 5.86. The van der Waals surface area contributed by atoms with Gasteiger partial charge < -0.3 is 15.1 Å². The van der Waals surface area contributed by atoms with E-state index in [1.54, 1.807) is 6.92 Å². The molecule has 2 rings (SSSR count). The lowest BCUT2D eigenvalue weighted by Gasteiger charge is -2.31. The van der Waals surface area contributed by atoms with Crippen molar-refractivity contribution >= 4 is 21.6 Å². The molecule has 1 saturated carbocycles. The summed E-state index contributed by atoms with van der Waals surface area (Å²) in [6.45, 7) is 2.38. The van der Waals surface area contributed by atoms with Gasteiger partial charge in [0, 0.05) is 29.3 Å². The first-order valence-electron chi connectivity index (χ1n) is 6.82. The van der Waals surface area contributed by atoms with E-state index in [0.29, 0.717) is 6.54 Å². The summed E-state index contributed by atoms with van der Waals surface area (Å²) in [6.07, 6.45) is 3.44. The maximum absolute atomic E-state index is 10.5. The van der Waals surface area contributed by atoms with Crippen LogP contribution in [0.25, 0.3) is 0 Å². The van der Waals surface area contributed by atoms with Crippen LogP contribution < -0.4 is 4.90 Å². The number of likely N-dealkylation sites (N-methyl/N-ethyl adjacent to an activating group) is 1. The molecule has 1 aromatic carbocycles. The number of hydrogen-bond donors (Lipinski definition) is 2. The van der Waals surface area contributed by atoms with Gasteiger partial charge in [-0.1, -0.05) is 34.8 Å². The third-order valence-corrected chi connectivity index (χ3v) is 4.41. The summed E-state index contributed by atoms with van der Waals surface area (Å²) in [7, 11) is 1.98. The van der Waals surface area contributed by atoms with Gasteiger partial charge in [0.1, 0.15) is 0 Å². The number of benzene rings is 1. The fraction of sp³-hybridized carbons (Fsp3) is 0.600. The number of aliphatic hydroxyl groups is 2. The van der Waals surface area contributed by atoms with Crippen LogP contribution in [0.3, 0.4) is 0 Å². The molecule has 1 aliphatic rings. The van der Waals surface area contributed by atoms with E-state index in [4.69, 9.17) is 0 Å². The molecule has 1 aromatic rings. The normalized spacial score (nSPS) is 19.4. The largest absolute Gasteiger partial charge is 0.389 e. The third-order valence-electron chi connectivity index (χ3n) is 3.92. The summed E-state index contributed by atoms with van der Waals surface area (Å²) in [5.74, 6) is 0. The number of aliphatic hydroxyl groups excluding tert-OH is 1. The van der Waals surface area contributed by atoms with E-state index in [2.05, 4.69) is 20.8 Å². The smallest absolute Gasteiger partial charge is 0.0821 e. The average Bonchev–Trinajstić information content (AvgIpc) is 2.75. The van der Waals surface area contributed by atoms with E-state index in [9.17, 15) is 10.2 Å². The Morgan fingerprint density at radius 1 is 1.37 bits per heavy atom. The molecular formula is C15H22BrNO2. The molecule has 0 spiro atoms. The van der Waals surface area contributed by atoms with E-state index in [0.717, 1.165) is 41.4 Å². The van der Waals surface area contributed by atoms with Crippen LogP contribution >= 0.6 is 15.9 Å². The highest BCUT2D eigenvalue weighted by Crippen LogP contribution is 2.34. The Morgan fingerprint density at radius 2 is 2.00 bits per heavy atom. The van der Waals surface area contributed by atoms with E-state index in [1.165, 1.54) is 0 Å². The highest BCUT2D eigenvalue weighted by Gasteiger charge is 2.32. The molecule has 0 saturated heterocycles. The van der Waals surface area contributed by atoms with Crippen LogP contribution in [0.1, 0.15) is 44.3 Å². The van der Waals surface area contributed by atoms with E-state index >= 15 is 0 Å². The second-order valence-corrected chi connectivity index (χ2v) is 6.58. The van der Waals surface area contributed by atoms with Crippen LogP contribution in [0.4, 0.5) is 5.69 Å². The summed E-state index contributed by atoms with van der Waals surface area (Å²) in [5, 5.41) is 20.4. The van der Waals surface area contributed by atoms with Crippen LogP contribution in [-0.2, 0) is 0 Å². The molecule has 4 heteroatoms. The van der Waals surface area contributed by atoms with E-state index in [1.807, 2.05) is 25.2 Å². The Bertz CT molecular complexity index is 442. The molecule has 106 valence electrons. The van der Waals surface area contributed by atoms with Gasteiger partial charge in [0.05, 0.1) is 11.7 Å². The quantitative estimate of drug-likeness (QED) is 0.892. The van der Waals surface area contributed by atoms with Crippen LogP contribution in [0.15, 0.2) is 22.7 Å². The highest BCUT2D eigenvalue weighted by atomic mass is 79.9. The van der Waals surface area contributed by atoms with Gasteiger partial charge in [0.25, 0.3) is 0 Å². The van der Waals surface area contributed by atoms with Crippen molar-refractivity contribution in [1.29, 1.82) is 0 Å². The SMILES string of the molecule is CC(O)c1ccc(Br)cc1N(C)CC1(O)CCCC1. The lowest BCUT2D eigenvalue weighted by atomic mass is 10.0. The van der Waals surface area contributed by atoms with Gasteiger partial charge in [0.15, 0.2) is 0 Å². The first kappa shape index (κ1) is 14.8. The summed E-state index contributed by atoms with van der Waals surface area (Å²) < 4.78 is 0.983. The Labute approximate surface area is 123 Å². The first-order valence-corrected chi connectivity index (χ1v) is 7.62. The fourth-order valence-corrected chi connectivity index (χ4v) is 3.27. The fourth-order valence-electron chi connectivity index (χ4n) is 2.92.